The van der Waals surface area contributed by atoms with Crippen LogP contribution in [0.25, 0.3) is 21.3 Å². The Labute approximate surface area is 166 Å². The van der Waals surface area contributed by atoms with E-state index in [4.69, 9.17) is 4.42 Å². The Kier molecular flexibility index (Phi) is 4.96. The Morgan fingerprint density at radius 1 is 1.04 bits per heavy atom. The molecule has 0 fully saturated rings. The fourth-order valence-corrected chi connectivity index (χ4v) is 4.06. The molecule has 7 nitrogen and oxygen atoms in total. The monoisotopic (exact) mass is 414 g/mol. The summed E-state index contributed by atoms with van der Waals surface area (Å²) in [6.45, 7) is 0.0477. The van der Waals surface area contributed by atoms with E-state index in [0.717, 1.165) is 36.9 Å². The number of nitrogens with zero attached hydrogens (tertiary/aromatic N) is 4. The third-order valence-electron chi connectivity index (χ3n) is 4.28. The van der Waals surface area contributed by atoms with Crippen molar-refractivity contribution in [1.29, 1.82) is 0 Å². The molecule has 0 radical (unpaired) electrons. The van der Waals surface area contributed by atoms with E-state index in [9.17, 15) is 8.42 Å². The van der Waals surface area contributed by atoms with Crippen LogP contribution in [0, 0.1) is 0 Å². The van der Waals surface area contributed by atoms with Gasteiger partial charge in [-0.3, -0.25) is 0 Å². The molecule has 144 valence electrons. The standard InChI is InChI=1S/C19H18N4O3S2/c1-23(28(2,24)25)12-18-22-21-17(26-18)11-19-20-15-9-8-14(10-16(15)27-19)13-6-4-3-5-7-13/h3-10H,11-12H2,1-2H3. The Bertz CT molecular complexity index is 1220. The SMILES string of the molecule is CN(Cc1nnc(Cc2nc3ccc(-c4ccccc4)cc3s2)o1)S(C)(=O)=O. The zero-order valence-corrected chi connectivity index (χ0v) is 17.0. The Hall–Kier alpha value is -2.62. The van der Waals surface area contributed by atoms with E-state index in [1.807, 2.05) is 24.3 Å². The molecule has 4 aromatic rings. The highest BCUT2D eigenvalue weighted by atomic mass is 32.2. The third-order valence-corrected chi connectivity index (χ3v) is 6.55. The van der Waals surface area contributed by atoms with E-state index in [1.165, 1.54) is 7.05 Å². The van der Waals surface area contributed by atoms with Crippen molar-refractivity contribution in [2.24, 2.45) is 0 Å². The Balaban J connectivity index is 1.53. The lowest BCUT2D eigenvalue weighted by atomic mass is 10.1. The molecule has 0 bridgehead atoms. The topological polar surface area (TPSA) is 89.2 Å². The molecule has 9 heteroatoms. The van der Waals surface area contributed by atoms with Gasteiger partial charge in [-0.15, -0.1) is 21.5 Å². The van der Waals surface area contributed by atoms with Gasteiger partial charge < -0.3 is 4.42 Å². The zero-order chi connectivity index (χ0) is 19.7. The molecule has 0 spiro atoms. The Morgan fingerprint density at radius 3 is 2.54 bits per heavy atom. The van der Waals surface area contributed by atoms with E-state index < -0.39 is 10.0 Å². The fourth-order valence-electron chi connectivity index (χ4n) is 2.72. The normalized spacial score (nSPS) is 12.1. The highest BCUT2D eigenvalue weighted by molar-refractivity contribution is 7.88. The first-order valence-corrected chi connectivity index (χ1v) is 11.2. The van der Waals surface area contributed by atoms with Gasteiger partial charge in [-0.1, -0.05) is 36.4 Å². The highest BCUT2D eigenvalue weighted by Gasteiger charge is 2.16. The largest absolute Gasteiger partial charge is 0.423 e. The summed E-state index contributed by atoms with van der Waals surface area (Å²) in [5.41, 5.74) is 3.24. The lowest BCUT2D eigenvalue weighted by molar-refractivity contribution is 0.385. The van der Waals surface area contributed by atoms with Gasteiger partial charge in [0.2, 0.25) is 21.8 Å². The van der Waals surface area contributed by atoms with Crippen LogP contribution in [0.15, 0.2) is 52.9 Å². The summed E-state index contributed by atoms with van der Waals surface area (Å²) < 4.78 is 30.8. The summed E-state index contributed by atoms with van der Waals surface area (Å²) in [4.78, 5) is 4.64. The number of aromatic nitrogens is 3. The van der Waals surface area contributed by atoms with Gasteiger partial charge in [0.15, 0.2) is 0 Å². The molecule has 2 heterocycles. The van der Waals surface area contributed by atoms with Crippen molar-refractivity contribution >= 4 is 31.6 Å². The third kappa shape index (κ3) is 4.11. The minimum Gasteiger partial charge on any atom is -0.423 e. The van der Waals surface area contributed by atoms with E-state index in [0.29, 0.717) is 12.3 Å². The number of sulfonamides is 1. The molecule has 28 heavy (non-hydrogen) atoms. The first-order valence-electron chi connectivity index (χ1n) is 8.56. The molecule has 0 aliphatic carbocycles. The van der Waals surface area contributed by atoms with Crippen molar-refractivity contribution in [2.75, 3.05) is 13.3 Å². The number of benzene rings is 2. The predicted molar refractivity (Wildman–Crippen MR) is 108 cm³/mol. The summed E-state index contributed by atoms with van der Waals surface area (Å²) >= 11 is 1.58. The van der Waals surface area contributed by atoms with Crippen molar-refractivity contribution in [3.8, 4) is 11.1 Å². The zero-order valence-electron chi connectivity index (χ0n) is 15.4. The van der Waals surface area contributed by atoms with E-state index in [1.54, 1.807) is 11.3 Å². The number of thiazole rings is 1. The summed E-state index contributed by atoms with van der Waals surface area (Å²) in [7, 11) is -1.83. The van der Waals surface area contributed by atoms with Crippen molar-refractivity contribution in [1.82, 2.24) is 19.5 Å². The number of hydrogen-bond donors (Lipinski definition) is 0. The van der Waals surface area contributed by atoms with Gasteiger partial charge in [0.05, 0.1) is 29.4 Å². The van der Waals surface area contributed by atoms with Gasteiger partial charge in [-0.05, 0) is 23.3 Å². The number of rotatable bonds is 6. The highest BCUT2D eigenvalue weighted by Crippen LogP contribution is 2.29. The lowest BCUT2D eigenvalue weighted by Gasteiger charge is -2.10. The van der Waals surface area contributed by atoms with Gasteiger partial charge in [-0.2, -0.15) is 4.31 Å². The minimum atomic E-state index is -3.30. The number of fused-ring (bicyclic) bond motifs is 1. The maximum absolute atomic E-state index is 11.5. The van der Waals surface area contributed by atoms with Crippen LogP contribution < -0.4 is 0 Å². The molecule has 0 aliphatic rings. The Morgan fingerprint density at radius 2 is 1.79 bits per heavy atom. The van der Waals surface area contributed by atoms with Gasteiger partial charge in [0, 0.05) is 7.05 Å². The summed E-state index contributed by atoms with van der Waals surface area (Å²) in [5.74, 6) is 0.676. The van der Waals surface area contributed by atoms with Crippen LogP contribution in [0.1, 0.15) is 16.8 Å². The van der Waals surface area contributed by atoms with Crippen LogP contribution in [0.5, 0.6) is 0 Å². The molecule has 0 saturated carbocycles. The van der Waals surface area contributed by atoms with E-state index in [2.05, 4.69) is 39.4 Å². The average Bonchev–Trinajstić information content (AvgIpc) is 3.27. The van der Waals surface area contributed by atoms with Gasteiger partial charge in [0.25, 0.3) is 0 Å². The maximum Gasteiger partial charge on any atom is 0.231 e. The fraction of sp³-hybridized carbons (Fsp3) is 0.211. The molecule has 2 aromatic heterocycles. The molecular weight excluding hydrogens is 396 g/mol. The smallest absolute Gasteiger partial charge is 0.231 e. The molecule has 0 N–H and O–H groups in total. The van der Waals surface area contributed by atoms with Crippen LogP contribution in [0.3, 0.4) is 0 Å². The summed E-state index contributed by atoms with van der Waals surface area (Å²) in [6, 6.07) is 16.4. The van der Waals surface area contributed by atoms with Crippen molar-refractivity contribution in [2.45, 2.75) is 13.0 Å². The van der Waals surface area contributed by atoms with Crippen molar-refractivity contribution < 1.29 is 12.8 Å². The van der Waals surface area contributed by atoms with Gasteiger partial charge >= 0.3 is 0 Å². The van der Waals surface area contributed by atoms with Crippen molar-refractivity contribution in [3.05, 3.63) is 65.3 Å². The summed E-state index contributed by atoms with van der Waals surface area (Å²) in [5, 5.41) is 8.81. The molecule has 0 atom stereocenters. The predicted octanol–water partition coefficient (Wildman–Crippen LogP) is 3.33. The van der Waals surface area contributed by atoms with Crippen LogP contribution in [-0.4, -0.2) is 41.2 Å². The quantitative estimate of drug-likeness (QED) is 0.481. The molecule has 0 aliphatic heterocycles. The lowest BCUT2D eigenvalue weighted by Crippen LogP contribution is -2.25. The first kappa shape index (κ1) is 18.7. The van der Waals surface area contributed by atoms with Crippen LogP contribution in [0.2, 0.25) is 0 Å². The van der Waals surface area contributed by atoms with E-state index in [-0.39, 0.29) is 12.4 Å². The molecule has 0 amide bonds. The summed E-state index contributed by atoms with van der Waals surface area (Å²) in [6.07, 6.45) is 1.55. The maximum atomic E-state index is 11.5. The van der Waals surface area contributed by atoms with Crippen LogP contribution in [-0.2, 0) is 23.0 Å². The van der Waals surface area contributed by atoms with Crippen molar-refractivity contribution in [3.63, 3.8) is 0 Å². The molecule has 2 aromatic carbocycles. The van der Waals surface area contributed by atoms with Crippen LogP contribution >= 0.6 is 11.3 Å². The van der Waals surface area contributed by atoms with Gasteiger partial charge in [-0.25, -0.2) is 13.4 Å². The second-order valence-electron chi connectivity index (χ2n) is 6.44. The molecule has 0 saturated heterocycles. The second kappa shape index (κ2) is 7.42. The molecule has 4 rings (SSSR count). The molecular formula is C19H18N4O3S2. The van der Waals surface area contributed by atoms with E-state index >= 15 is 0 Å². The first-order chi connectivity index (χ1) is 13.4. The number of hydrogen-bond acceptors (Lipinski definition) is 7. The second-order valence-corrected chi connectivity index (χ2v) is 9.65. The molecule has 0 unspecified atom stereocenters. The van der Waals surface area contributed by atoms with Crippen LogP contribution in [0.4, 0.5) is 0 Å². The van der Waals surface area contributed by atoms with Gasteiger partial charge in [0.1, 0.15) is 5.01 Å². The average molecular weight is 415 g/mol. The minimum absolute atomic E-state index is 0.0477.